The molecular weight excluding hydrogens is 230 g/mol. The van der Waals surface area contributed by atoms with Gasteiger partial charge in [0.1, 0.15) is 5.75 Å². The van der Waals surface area contributed by atoms with Gasteiger partial charge in [-0.3, -0.25) is 4.79 Å². The summed E-state index contributed by atoms with van der Waals surface area (Å²) in [6.07, 6.45) is 0.903. The van der Waals surface area contributed by atoms with Gasteiger partial charge in [0.2, 0.25) is 0 Å². The molecule has 0 saturated heterocycles. The number of hydrogen-bond donors (Lipinski definition) is 1. The lowest BCUT2D eigenvalue weighted by Crippen LogP contribution is -2.39. The Balaban J connectivity index is 2.39. The lowest BCUT2D eigenvalue weighted by molar-refractivity contribution is -0.137. The molecule has 0 aromatic heterocycles. The quantitative estimate of drug-likeness (QED) is 0.889. The molecule has 0 aliphatic carbocycles. The summed E-state index contributed by atoms with van der Waals surface area (Å²) in [4.78, 5) is 13.2. The molecule has 1 N–H and O–H groups in total. The molecule has 1 aliphatic rings. The van der Waals surface area contributed by atoms with Crippen molar-refractivity contribution in [2.24, 2.45) is 0 Å². The maximum Gasteiger partial charge on any atom is 0.305 e. The van der Waals surface area contributed by atoms with Crippen molar-refractivity contribution < 1.29 is 14.6 Å². The minimum Gasteiger partial charge on any atom is -0.496 e. The average molecular weight is 249 g/mol. The average Bonchev–Trinajstić information content (AvgIpc) is 2.65. The molecule has 1 aliphatic heterocycles. The molecule has 0 saturated carbocycles. The fourth-order valence-corrected chi connectivity index (χ4v) is 2.79. The minimum absolute atomic E-state index is 0.0220. The first kappa shape index (κ1) is 12.7. The second-order valence-corrected chi connectivity index (χ2v) is 4.91. The first-order valence-corrected chi connectivity index (χ1v) is 6.20. The molecule has 0 spiro atoms. The Morgan fingerprint density at radius 1 is 1.56 bits per heavy atom. The van der Waals surface area contributed by atoms with Crippen LogP contribution in [0.3, 0.4) is 0 Å². The molecule has 0 fully saturated rings. The Labute approximate surface area is 107 Å². The number of rotatable bonds is 4. The van der Waals surface area contributed by atoms with Crippen molar-refractivity contribution in [1.29, 1.82) is 0 Å². The number of methoxy groups -OCH3 is 1. The fourth-order valence-electron chi connectivity index (χ4n) is 2.79. The van der Waals surface area contributed by atoms with Gasteiger partial charge >= 0.3 is 5.97 Å². The van der Waals surface area contributed by atoms with Crippen LogP contribution in [-0.4, -0.2) is 30.3 Å². The molecule has 4 heteroatoms. The van der Waals surface area contributed by atoms with E-state index in [9.17, 15) is 4.79 Å². The fraction of sp³-hybridized carbons (Fsp3) is 0.500. The number of nitrogens with zero attached hydrogens (tertiary/aromatic N) is 1. The van der Waals surface area contributed by atoms with Crippen molar-refractivity contribution in [2.75, 3.05) is 12.0 Å². The van der Waals surface area contributed by atoms with E-state index >= 15 is 0 Å². The Kier molecular flexibility index (Phi) is 3.45. The Morgan fingerprint density at radius 2 is 2.28 bits per heavy atom. The highest BCUT2D eigenvalue weighted by atomic mass is 16.5. The third-order valence-corrected chi connectivity index (χ3v) is 3.41. The van der Waals surface area contributed by atoms with E-state index in [4.69, 9.17) is 9.84 Å². The molecule has 0 bridgehead atoms. The van der Waals surface area contributed by atoms with Crippen LogP contribution in [0, 0.1) is 0 Å². The van der Waals surface area contributed by atoms with Gasteiger partial charge in [-0.15, -0.1) is 0 Å². The number of anilines is 1. The van der Waals surface area contributed by atoms with Gasteiger partial charge in [0.15, 0.2) is 0 Å². The van der Waals surface area contributed by atoms with Gasteiger partial charge < -0.3 is 14.7 Å². The van der Waals surface area contributed by atoms with Gasteiger partial charge in [-0.1, -0.05) is 6.07 Å². The van der Waals surface area contributed by atoms with Crippen molar-refractivity contribution in [3.8, 4) is 5.75 Å². The van der Waals surface area contributed by atoms with E-state index in [-0.39, 0.29) is 18.5 Å². The van der Waals surface area contributed by atoms with Crippen molar-refractivity contribution >= 4 is 11.7 Å². The number of ether oxygens (including phenoxy) is 1. The molecule has 2 rings (SSSR count). The van der Waals surface area contributed by atoms with Crippen LogP contribution in [-0.2, 0) is 11.2 Å². The van der Waals surface area contributed by atoms with Crippen LogP contribution < -0.4 is 9.64 Å². The highest BCUT2D eigenvalue weighted by Crippen LogP contribution is 2.40. The summed E-state index contributed by atoms with van der Waals surface area (Å²) in [5, 5.41) is 9.02. The van der Waals surface area contributed by atoms with Crippen molar-refractivity contribution in [3.05, 3.63) is 23.8 Å². The van der Waals surface area contributed by atoms with Crippen LogP contribution in [0.2, 0.25) is 0 Å². The zero-order chi connectivity index (χ0) is 13.3. The summed E-state index contributed by atoms with van der Waals surface area (Å²) < 4.78 is 5.36. The maximum absolute atomic E-state index is 11.0. The zero-order valence-electron chi connectivity index (χ0n) is 11.0. The molecule has 1 unspecified atom stereocenters. The number of carboxylic acid groups (broad SMARTS) is 1. The number of benzene rings is 1. The predicted octanol–water partition coefficient (Wildman–Crippen LogP) is 2.31. The molecule has 1 heterocycles. The number of hydrogen-bond acceptors (Lipinski definition) is 3. The summed E-state index contributed by atoms with van der Waals surface area (Å²) in [5.74, 6) is 0.100. The third kappa shape index (κ3) is 2.15. The first-order valence-electron chi connectivity index (χ1n) is 6.20. The molecule has 1 atom stereocenters. The summed E-state index contributed by atoms with van der Waals surface area (Å²) in [6, 6.07) is 6.23. The molecule has 0 radical (unpaired) electrons. The molecule has 1 aromatic rings. The summed E-state index contributed by atoms with van der Waals surface area (Å²) >= 11 is 0. The number of fused-ring (bicyclic) bond motifs is 1. The Bertz CT molecular complexity index is 456. The molecule has 0 amide bonds. The summed E-state index contributed by atoms with van der Waals surface area (Å²) in [5.41, 5.74) is 2.23. The second kappa shape index (κ2) is 4.88. The smallest absolute Gasteiger partial charge is 0.305 e. The highest BCUT2D eigenvalue weighted by molar-refractivity contribution is 5.72. The van der Waals surface area contributed by atoms with Crippen LogP contribution in [0.1, 0.15) is 25.8 Å². The topological polar surface area (TPSA) is 49.8 Å². The predicted molar refractivity (Wildman–Crippen MR) is 70.4 cm³/mol. The van der Waals surface area contributed by atoms with Gasteiger partial charge in [-0.05, 0) is 32.4 Å². The largest absolute Gasteiger partial charge is 0.496 e. The minimum atomic E-state index is -0.752. The van der Waals surface area contributed by atoms with Gasteiger partial charge in [0, 0.05) is 23.3 Å². The van der Waals surface area contributed by atoms with Crippen molar-refractivity contribution in [3.63, 3.8) is 0 Å². The lowest BCUT2D eigenvalue weighted by atomic mass is 10.1. The molecule has 98 valence electrons. The van der Waals surface area contributed by atoms with Gasteiger partial charge in [-0.25, -0.2) is 0 Å². The lowest BCUT2D eigenvalue weighted by Gasteiger charge is -2.30. The van der Waals surface area contributed by atoms with Crippen LogP contribution in [0.5, 0.6) is 5.75 Å². The summed E-state index contributed by atoms with van der Waals surface area (Å²) in [6.45, 7) is 4.17. The van der Waals surface area contributed by atoms with Crippen LogP contribution in [0.4, 0.5) is 5.69 Å². The molecule has 18 heavy (non-hydrogen) atoms. The van der Waals surface area contributed by atoms with E-state index in [1.54, 1.807) is 7.11 Å². The van der Waals surface area contributed by atoms with Crippen LogP contribution >= 0.6 is 0 Å². The van der Waals surface area contributed by atoms with Crippen molar-refractivity contribution in [2.45, 2.75) is 38.8 Å². The van der Waals surface area contributed by atoms with E-state index in [2.05, 4.69) is 18.7 Å². The second-order valence-electron chi connectivity index (χ2n) is 4.91. The third-order valence-electron chi connectivity index (χ3n) is 3.41. The molecule has 4 nitrogen and oxygen atoms in total. The van der Waals surface area contributed by atoms with E-state index in [1.807, 2.05) is 18.2 Å². The Hall–Kier alpha value is -1.71. The summed E-state index contributed by atoms with van der Waals surface area (Å²) in [7, 11) is 1.65. The molecular formula is C14H19NO3. The number of carboxylic acids is 1. The number of carbonyl (C=O) groups is 1. The SMILES string of the molecule is COc1cccc2c1CC(CC(=O)O)N2C(C)C. The van der Waals surface area contributed by atoms with E-state index < -0.39 is 5.97 Å². The van der Waals surface area contributed by atoms with E-state index in [0.29, 0.717) is 0 Å². The monoisotopic (exact) mass is 249 g/mol. The van der Waals surface area contributed by atoms with Crippen LogP contribution in [0.15, 0.2) is 18.2 Å². The maximum atomic E-state index is 11.0. The van der Waals surface area contributed by atoms with Gasteiger partial charge in [-0.2, -0.15) is 0 Å². The first-order chi connectivity index (χ1) is 8.54. The normalized spacial score (nSPS) is 18.0. The van der Waals surface area contributed by atoms with E-state index in [1.165, 1.54) is 0 Å². The zero-order valence-corrected chi connectivity index (χ0v) is 11.0. The highest BCUT2D eigenvalue weighted by Gasteiger charge is 2.34. The Morgan fingerprint density at radius 3 is 2.83 bits per heavy atom. The number of aliphatic carboxylic acids is 1. The standard InChI is InChI=1S/C14H19NO3/c1-9(2)15-10(8-14(16)17)7-11-12(15)5-4-6-13(11)18-3/h4-6,9-10H,7-8H2,1-3H3,(H,16,17). The van der Waals surface area contributed by atoms with Gasteiger partial charge in [0.05, 0.1) is 13.5 Å². The van der Waals surface area contributed by atoms with Crippen molar-refractivity contribution in [1.82, 2.24) is 0 Å². The van der Waals surface area contributed by atoms with E-state index in [0.717, 1.165) is 23.4 Å². The molecule has 1 aromatic carbocycles. The van der Waals surface area contributed by atoms with Crippen LogP contribution in [0.25, 0.3) is 0 Å². The van der Waals surface area contributed by atoms with Gasteiger partial charge in [0.25, 0.3) is 0 Å².